The Labute approximate surface area is 153 Å². The standard InChI is InChI=1S/C19H15FN6O/c20-15-3-1-13(2-4-15)10-23-19(27)25-18-9-14-11-24-26(17(14)12-22-18)16-5-7-21-8-6-16/h1-9,11-12H,10H2,(H2,22,23,25,27). The Morgan fingerprint density at radius 3 is 2.63 bits per heavy atom. The number of aromatic nitrogens is 4. The molecule has 0 aliphatic heterocycles. The lowest BCUT2D eigenvalue weighted by Gasteiger charge is -2.08. The van der Waals surface area contributed by atoms with Crippen molar-refractivity contribution in [2.75, 3.05) is 5.32 Å². The number of hydrogen-bond acceptors (Lipinski definition) is 4. The zero-order valence-corrected chi connectivity index (χ0v) is 14.1. The van der Waals surface area contributed by atoms with E-state index in [1.807, 2.05) is 12.1 Å². The summed E-state index contributed by atoms with van der Waals surface area (Å²) in [5.74, 6) is 0.0985. The lowest BCUT2D eigenvalue weighted by molar-refractivity contribution is 0.251. The maximum absolute atomic E-state index is 12.9. The van der Waals surface area contributed by atoms with Crippen LogP contribution in [0.25, 0.3) is 16.6 Å². The number of hydrogen-bond donors (Lipinski definition) is 2. The predicted molar refractivity (Wildman–Crippen MR) is 98.9 cm³/mol. The van der Waals surface area contributed by atoms with Crippen LogP contribution in [0.3, 0.4) is 0 Å². The molecule has 0 aliphatic carbocycles. The number of anilines is 1. The van der Waals surface area contributed by atoms with E-state index < -0.39 is 6.03 Å². The summed E-state index contributed by atoms with van der Waals surface area (Å²) in [6.45, 7) is 0.286. The molecule has 0 bridgehead atoms. The molecule has 0 unspecified atom stereocenters. The van der Waals surface area contributed by atoms with E-state index in [1.54, 1.807) is 47.7 Å². The van der Waals surface area contributed by atoms with Gasteiger partial charge in [0.05, 0.1) is 23.6 Å². The van der Waals surface area contributed by atoms with Gasteiger partial charge in [0.15, 0.2) is 0 Å². The van der Waals surface area contributed by atoms with Crippen molar-refractivity contribution in [1.29, 1.82) is 0 Å². The quantitative estimate of drug-likeness (QED) is 0.583. The average molecular weight is 362 g/mol. The molecule has 1 aromatic carbocycles. The van der Waals surface area contributed by atoms with E-state index in [1.165, 1.54) is 12.1 Å². The molecule has 2 amide bonds. The van der Waals surface area contributed by atoms with Crippen LogP contribution < -0.4 is 10.6 Å². The van der Waals surface area contributed by atoms with Crippen LogP contribution in [0.2, 0.25) is 0 Å². The molecule has 0 aliphatic rings. The van der Waals surface area contributed by atoms with Crippen LogP contribution in [0.5, 0.6) is 0 Å². The van der Waals surface area contributed by atoms with Gasteiger partial charge in [0.1, 0.15) is 11.6 Å². The third-order valence-electron chi connectivity index (χ3n) is 3.97. The number of halogens is 1. The first-order valence-corrected chi connectivity index (χ1v) is 8.22. The monoisotopic (exact) mass is 362 g/mol. The Balaban J connectivity index is 1.45. The zero-order chi connectivity index (χ0) is 18.6. The van der Waals surface area contributed by atoms with Gasteiger partial charge in [-0.3, -0.25) is 10.3 Å². The van der Waals surface area contributed by atoms with Gasteiger partial charge in [0.2, 0.25) is 0 Å². The van der Waals surface area contributed by atoms with Crippen molar-refractivity contribution in [1.82, 2.24) is 25.1 Å². The number of benzene rings is 1. The minimum absolute atomic E-state index is 0.286. The maximum atomic E-state index is 12.9. The number of nitrogens with one attached hydrogen (secondary N) is 2. The van der Waals surface area contributed by atoms with Crippen LogP contribution in [0.4, 0.5) is 15.0 Å². The van der Waals surface area contributed by atoms with Crippen molar-refractivity contribution in [2.24, 2.45) is 0 Å². The van der Waals surface area contributed by atoms with Crippen molar-refractivity contribution >= 4 is 22.8 Å². The van der Waals surface area contributed by atoms with Crippen LogP contribution in [-0.4, -0.2) is 25.8 Å². The van der Waals surface area contributed by atoms with Gasteiger partial charge in [-0.05, 0) is 35.9 Å². The normalized spacial score (nSPS) is 10.7. The van der Waals surface area contributed by atoms with E-state index in [4.69, 9.17) is 0 Å². The van der Waals surface area contributed by atoms with E-state index in [9.17, 15) is 9.18 Å². The van der Waals surface area contributed by atoms with E-state index in [2.05, 4.69) is 25.7 Å². The Hall–Kier alpha value is -3.81. The van der Waals surface area contributed by atoms with Crippen molar-refractivity contribution < 1.29 is 9.18 Å². The molecule has 4 rings (SSSR count). The Bertz CT molecular complexity index is 1080. The SMILES string of the molecule is O=C(NCc1ccc(F)cc1)Nc1cc2cnn(-c3ccncc3)c2cn1. The molecule has 0 saturated heterocycles. The fraction of sp³-hybridized carbons (Fsp3) is 0.0526. The second kappa shape index (κ2) is 7.20. The average Bonchev–Trinajstić information content (AvgIpc) is 3.11. The summed E-state index contributed by atoms with van der Waals surface area (Å²) in [4.78, 5) is 20.3. The number of carbonyl (C=O) groups excluding carboxylic acids is 1. The molecule has 0 atom stereocenters. The van der Waals surface area contributed by atoms with Crippen molar-refractivity contribution in [2.45, 2.75) is 6.54 Å². The summed E-state index contributed by atoms with van der Waals surface area (Å²) < 4.78 is 14.6. The van der Waals surface area contributed by atoms with Gasteiger partial charge in [-0.15, -0.1) is 0 Å². The Kier molecular flexibility index (Phi) is 4.44. The topological polar surface area (TPSA) is 84.7 Å². The molecule has 2 N–H and O–H groups in total. The summed E-state index contributed by atoms with van der Waals surface area (Å²) in [5, 5.41) is 10.6. The minimum Gasteiger partial charge on any atom is -0.334 e. The first-order chi connectivity index (χ1) is 13.2. The Morgan fingerprint density at radius 2 is 1.85 bits per heavy atom. The molecule has 4 aromatic rings. The zero-order valence-electron chi connectivity index (χ0n) is 14.1. The predicted octanol–water partition coefficient (Wildman–Crippen LogP) is 3.28. The van der Waals surface area contributed by atoms with Crippen LogP contribution in [0.15, 0.2) is 67.3 Å². The van der Waals surface area contributed by atoms with E-state index in [0.29, 0.717) is 5.82 Å². The van der Waals surface area contributed by atoms with Gasteiger partial charge in [0, 0.05) is 24.3 Å². The molecule has 3 aromatic heterocycles. The molecule has 27 heavy (non-hydrogen) atoms. The highest BCUT2D eigenvalue weighted by atomic mass is 19.1. The van der Waals surface area contributed by atoms with Crippen molar-refractivity contribution in [3.8, 4) is 5.69 Å². The van der Waals surface area contributed by atoms with Crippen LogP contribution in [-0.2, 0) is 6.54 Å². The molecule has 7 nitrogen and oxygen atoms in total. The molecule has 3 heterocycles. The van der Waals surface area contributed by atoms with Crippen LogP contribution in [0.1, 0.15) is 5.56 Å². The summed E-state index contributed by atoms with van der Waals surface area (Å²) in [6, 6.07) is 11.0. The van der Waals surface area contributed by atoms with Crippen LogP contribution >= 0.6 is 0 Å². The van der Waals surface area contributed by atoms with Gasteiger partial charge in [-0.1, -0.05) is 12.1 Å². The fourth-order valence-electron chi connectivity index (χ4n) is 2.63. The molecule has 0 saturated carbocycles. The second-order valence-corrected chi connectivity index (χ2v) is 5.82. The van der Waals surface area contributed by atoms with Gasteiger partial charge in [0.25, 0.3) is 0 Å². The summed E-state index contributed by atoms with van der Waals surface area (Å²) in [7, 11) is 0. The van der Waals surface area contributed by atoms with E-state index in [0.717, 1.165) is 22.2 Å². The second-order valence-electron chi connectivity index (χ2n) is 5.82. The number of carbonyl (C=O) groups is 1. The lowest BCUT2D eigenvalue weighted by Crippen LogP contribution is -2.28. The summed E-state index contributed by atoms with van der Waals surface area (Å²) in [6.07, 6.45) is 6.74. The third-order valence-corrected chi connectivity index (χ3v) is 3.97. The number of amides is 2. The smallest absolute Gasteiger partial charge is 0.320 e. The summed E-state index contributed by atoms with van der Waals surface area (Å²) >= 11 is 0. The molecular weight excluding hydrogens is 347 g/mol. The first kappa shape index (κ1) is 16.6. The molecule has 134 valence electrons. The summed E-state index contributed by atoms with van der Waals surface area (Å²) in [5.41, 5.74) is 2.49. The Morgan fingerprint density at radius 1 is 1.07 bits per heavy atom. The number of rotatable bonds is 4. The van der Waals surface area contributed by atoms with E-state index in [-0.39, 0.29) is 12.4 Å². The first-order valence-electron chi connectivity index (χ1n) is 8.22. The lowest BCUT2D eigenvalue weighted by atomic mass is 10.2. The van der Waals surface area contributed by atoms with Crippen LogP contribution in [0, 0.1) is 5.82 Å². The van der Waals surface area contributed by atoms with Gasteiger partial charge < -0.3 is 5.32 Å². The fourth-order valence-corrected chi connectivity index (χ4v) is 2.63. The molecular formula is C19H15FN6O. The number of nitrogens with zero attached hydrogens (tertiary/aromatic N) is 4. The maximum Gasteiger partial charge on any atom is 0.320 e. The van der Waals surface area contributed by atoms with Gasteiger partial charge >= 0.3 is 6.03 Å². The van der Waals surface area contributed by atoms with Gasteiger partial charge in [-0.25, -0.2) is 18.9 Å². The number of urea groups is 1. The van der Waals surface area contributed by atoms with Crippen molar-refractivity contribution in [3.63, 3.8) is 0 Å². The van der Waals surface area contributed by atoms with E-state index >= 15 is 0 Å². The number of fused-ring (bicyclic) bond motifs is 1. The largest absolute Gasteiger partial charge is 0.334 e. The molecule has 0 fully saturated rings. The highest BCUT2D eigenvalue weighted by molar-refractivity contribution is 5.91. The highest BCUT2D eigenvalue weighted by Crippen LogP contribution is 2.19. The molecule has 8 heteroatoms. The highest BCUT2D eigenvalue weighted by Gasteiger charge is 2.08. The van der Waals surface area contributed by atoms with Gasteiger partial charge in [-0.2, -0.15) is 5.10 Å². The van der Waals surface area contributed by atoms with Crippen molar-refractivity contribution in [3.05, 3.63) is 78.6 Å². The number of pyridine rings is 2. The molecule has 0 radical (unpaired) electrons. The minimum atomic E-state index is -0.396. The third kappa shape index (κ3) is 3.74. The molecule has 0 spiro atoms.